The second kappa shape index (κ2) is 9.52. The van der Waals surface area contributed by atoms with Gasteiger partial charge in [0.1, 0.15) is 17.6 Å². The van der Waals surface area contributed by atoms with Crippen molar-refractivity contribution in [3.8, 4) is 0 Å². The molecular formula is C29H40FN3O7. The molecule has 1 heterocycles. The van der Waals surface area contributed by atoms with E-state index in [0.29, 0.717) is 31.5 Å². The third kappa shape index (κ3) is 3.78. The first-order valence-electron chi connectivity index (χ1n) is 14.3. The Labute approximate surface area is 232 Å². The molecule has 7 N–H and O–H groups in total. The number of hydrogen-bond acceptors (Lipinski definition) is 9. The molecule has 3 unspecified atom stereocenters. The Morgan fingerprint density at radius 2 is 1.80 bits per heavy atom. The van der Waals surface area contributed by atoms with E-state index in [1.165, 1.54) is 12.1 Å². The van der Waals surface area contributed by atoms with Crippen LogP contribution < -0.4 is 0 Å². The summed E-state index contributed by atoms with van der Waals surface area (Å²) in [6, 6.07) is 6.04. The van der Waals surface area contributed by atoms with Gasteiger partial charge in [-0.05, 0) is 61.6 Å². The quantitative estimate of drug-likeness (QED) is 0.277. The molecule has 4 fully saturated rings. The van der Waals surface area contributed by atoms with Crippen LogP contribution in [0.5, 0.6) is 0 Å². The molecule has 11 heteroatoms. The molecule has 0 saturated heterocycles. The summed E-state index contributed by atoms with van der Waals surface area (Å²) in [5.41, 5.74) is -4.14. The van der Waals surface area contributed by atoms with Crippen LogP contribution in [0, 0.1) is 34.4 Å². The first kappa shape index (κ1) is 28.1. The summed E-state index contributed by atoms with van der Waals surface area (Å²) in [4.78, 5) is 0. The van der Waals surface area contributed by atoms with Gasteiger partial charge in [0.15, 0.2) is 0 Å². The van der Waals surface area contributed by atoms with E-state index in [1.807, 2.05) is 6.92 Å². The molecule has 4 aliphatic rings. The summed E-state index contributed by atoms with van der Waals surface area (Å²) in [6.45, 7) is 1.65. The van der Waals surface area contributed by atoms with Gasteiger partial charge in [-0.1, -0.05) is 24.3 Å². The number of hydrogen-bond donors (Lipinski definition) is 7. The number of halogens is 1. The summed E-state index contributed by atoms with van der Waals surface area (Å²) in [5.74, 6) is -2.11. The Hall–Kier alpha value is -1.99. The van der Waals surface area contributed by atoms with E-state index in [1.54, 1.807) is 23.0 Å². The number of rotatable bonds is 5. The minimum atomic E-state index is -1.58. The fraction of sp³-hybridized carbons (Fsp3) is 0.724. The molecular weight excluding hydrogens is 521 g/mol. The minimum absolute atomic E-state index is 0.00875. The summed E-state index contributed by atoms with van der Waals surface area (Å²) in [6.07, 6.45) is -1.27. The summed E-state index contributed by atoms with van der Waals surface area (Å²) in [7, 11) is 0. The fourth-order valence-electron chi connectivity index (χ4n) is 9.56. The third-order valence-electron chi connectivity index (χ3n) is 11.5. The lowest BCUT2D eigenvalue weighted by molar-refractivity contribution is -0.319. The summed E-state index contributed by atoms with van der Waals surface area (Å²) < 4.78 is 14.8. The lowest BCUT2D eigenvalue weighted by atomic mass is 9.40. The average molecular weight is 562 g/mol. The van der Waals surface area contributed by atoms with Crippen LogP contribution in [-0.2, 0) is 6.54 Å². The van der Waals surface area contributed by atoms with Crippen molar-refractivity contribution in [1.29, 1.82) is 0 Å². The molecule has 11 atom stereocenters. The molecule has 1 aromatic heterocycles. The molecule has 40 heavy (non-hydrogen) atoms. The molecule has 2 aromatic rings. The zero-order valence-electron chi connectivity index (χ0n) is 22.6. The predicted octanol–water partition coefficient (Wildman–Crippen LogP) is 0.662. The number of fused-ring (bicyclic) bond motifs is 5. The SMILES string of the molecule is C[C@]12C[C@@H](O)C3C(CC[C@]4(O)C[C@@H](O)C[C@@H](O)[C@]34CO)[C@@]1(O)CC[C@@H]2C(O)c1cn(Cc2ccc(F)cc2)nn1. The highest BCUT2D eigenvalue weighted by Crippen LogP contribution is 2.70. The summed E-state index contributed by atoms with van der Waals surface area (Å²) >= 11 is 0. The number of benzene rings is 1. The molecule has 0 spiro atoms. The van der Waals surface area contributed by atoms with Gasteiger partial charge in [-0.15, -0.1) is 5.10 Å². The van der Waals surface area contributed by atoms with E-state index in [-0.39, 0.29) is 31.5 Å². The largest absolute Gasteiger partial charge is 0.396 e. The van der Waals surface area contributed by atoms with E-state index >= 15 is 0 Å². The van der Waals surface area contributed by atoms with E-state index in [0.717, 1.165) is 5.56 Å². The maximum atomic E-state index is 13.3. The van der Waals surface area contributed by atoms with Gasteiger partial charge in [-0.2, -0.15) is 0 Å². The van der Waals surface area contributed by atoms with Gasteiger partial charge in [0.2, 0.25) is 0 Å². The van der Waals surface area contributed by atoms with Gasteiger partial charge in [0.25, 0.3) is 0 Å². The zero-order chi connectivity index (χ0) is 28.7. The summed E-state index contributed by atoms with van der Waals surface area (Å²) in [5, 5.41) is 87.8. The highest BCUT2D eigenvalue weighted by Gasteiger charge is 2.75. The Morgan fingerprint density at radius 3 is 2.50 bits per heavy atom. The molecule has 4 saturated carbocycles. The normalized spacial score (nSPS) is 45.4. The fourth-order valence-corrected chi connectivity index (χ4v) is 9.56. The molecule has 10 nitrogen and oxygen atoms in total. The molecule has 0 radical (unpaired) electrons. The number of aromatic nitrogens is 3. The Morgan fingerprint density at radius 1 is 1.07 bits per heavy atom. The van der Waals surface area contributed by atoms with Crippen LogP contribution in [0.2, 0.25) is 0 Å². The van der Waals surface area contributed by atoms with Crippen LogP contribution in [0.4, 0.5) is 4.39 Å². The standard InChI is InChI=1S/C29H40FN3O7/c1-26-12-22(36)24-19(6-8-27(39)11-18(35)10-23(37)28(24,27)15-34)29(26,40)9-7-20(26)25(38)21-14-33(32-31-21)13-16-2-4-17(30)5-3-16/h2-5,14,18-20,22-25,34-40H,6-13,15H2,1H3/t18-,19?,20+,22+,23+,24?,25?,26+,27-,28+,29-/m0/s1. The minimum Gasteiger partial charge on any atom is -0.396 e. The van der Waals surface area contributed by atoms with E-state index in [4.69, 9.17) is 0 Å². The lowest BCUT2D eigenvalue weighted by Crippen LogP contribution is -2.75. The molecule has 0 aliphatic heterocycles. The highest BCUT2D eigenvalue weighted by atomic mass is 19.1. The third-order valence-corrected chi connectivity index (χ3v) is 11.5. The van der Waals surface area contributed by atoms with Crippen molar-refractivity contribution in [3.05, 3.63) is 47.5 Å². The predicted molar refractivity (Wildman–Crippen MR) is 139 cm³/mol. The Bertz CT molecular complexity index is 1250. The van der Waals surface area contributed by atoms with Crippen LogP contribution in [0.3, 0.4) is 0 Å². The number of nitrogens with zero attached hydrogens (tertiary/aromatic N) is 3. The van der Waals surface area contributed by atoms with Gasteiger partial charge < -0.3 is 35.7 Å². The second-order valence-corrected chi connectivity index (χ2v) is 13.2. The second-order valence-electron chi connectivity index (χ2n) is 13.2. The van der Waals surface area contributed by atoms with Crippen molar-refractivity contribution in [3.63, 3.8) is 0 Å². The van der Waals surface area contributed by atoms with Crippen molar-refractivity contribution in [2.24, 2.45) is 28.6 Å². The Balaban J connectivity index is 1.29. The topological polar surface area (TPSA) is 172 Å². The monoisotopic (exact) mass is 561 g/mol. The molecule has 1 aromatic carbocycles. The van der Waals surface area contributed by atoms with Crippen molar-refractivity contribution >= 4 is 0 Å². The van der Waals surface area contributed by atoms with Gasteiger partial charge >= 0.3 is 0 Å². The molecule has 220 valence electrons. The van der Waals surface area contributed by atoms with Crippen LogP contribution in [0.1, 0.15) is 69.2 Å². The van der Waals surface area contributed by atoms with Crippen molar-refractivity contribution in [2.75, 3.05) is 6.61 Å². The molecule has 4 aliphatic carbocycles. The van der Waals surface area contributed by atoms with Crippen molar-refractivity contribution in [2.45, 2.75) is 94.0 Å². The zero-order valence-corrected chi connectivity index (χ0v) is 22.6. The van der Waals surface area contributed by atoms with Crippen LogP contribution in [-0.4, -0.2) is 86.9 Å². The first-order valence-corrected chi connectivity index (χ1v) is 14.3. The molecule has 0 bridgehead atoms. The maximum Gasteiger partial charge on any atom is 0.123 e. The number of aliphatic hydroxyl groups is 7. The van der Waals surface area contributed by atoms with Crippen LogP contribution in [0.25, 0.3) is 0 Å². The average Bonchev–Trinajstić information content (AvgIpc) is 3.46. The van der Waals surface area contributed by atoms with Crippen molar-refractivity contribution in [1.82, 2.24) is 15.0 Å². The van der Waals surface area contributed by atoms with Crippen LogP contribution in [0.15, 0.2) is 30.5 Å². The van der Waals surface area contributed by atoms with E-state index in [2.05, 4.69) is 10.3 Å². The molecule has 6 rings (SSSR count). The van der Waals surface area contributed by atoms with Crippen molar-refractivity contribution < 1.29 is 40.1 Å². The first-order chi connectivity index (χ1) is 18.9. The Kier molecular flexibility index (Phi) is 6.70. The van der Waals surface area contributed by atoms with E-state index in [9.17, 15) is 40.1 Å². The van der Waals surface area contributed by atoms with Gasteiger partial charge in [-0.3, -0.25) is 0 Å². The smallest absolute Gasteiger partial charge is 0.123 e. The van der Waals surface area contributed by atoms with E-state index < -0.39 is 70.8 Å². The van der Waals surface area contributed by atoms with Crippen LogP contribution >= 0.6 is 0 Å². The van der Waals surface area contributed by atoms with Gasteiger partial charge in [0, 0.05) is 24.2 Å². The maximum absolute atomic E-state index is 13.3. The van der Waals surface area contributed by atoms with Gasteiger partial charge in [0.05, 0.1) is 54.3 Å². The highest BCUT2D eigenvalue weighted by molar-refractivity contribution is 5.25. The van der Waals surface area contributed by atoms with Gasteiger partial charge in [-0.25, -0.2) is 9.07 Å². The number of aliphatic hydroxyl groups excluding tert-OH is 5. The lowest BCUT2D eigenvalue weighted by Gasteiger charge is -2.68. The molecule has 0 amide bonds.